The lowest BCUT2D eigenvalue weighted by Gasteiger charge is -2.28. The molecule has 0 aromatic heterocycles. The first-order chi connectivity index (χ1) is 11.0. The van der Waals surface area contributed by atoms with Gasteiger partial charge in [0, 0.05) is 17.8 Å². The van der Waals surface area contributed by atoms with Gasteiger partial charge in [-0.1, -0.05) is 40.0 Å². The number of benzene rings is 1. The van der Waals surface area contributed by atoms with E-state index in [0.717, 1.165) is 24.9 Å². The van der Waals surface area contributed by atoms with Crippen LogP contribution in [0.3, 0.4) is 0 Å². The van der Waals surface area contributed by atoms with Crippen molar-refractivity contribution in [1.82, 2.24) is 0 Å². The SMILES string of the molecule is CCCCCCOc1cc(N(C=O)C(C)C(C)C)ccc1N=N. The Hall–Kier alpha value is -1.91. The summed E-state index contributed by atoms with van der Waals surface area (Å²) < 4.78 is 5.79. The van der Waals surface area contributed by atoms with Crippen LogP contribution in [0.15, 0.2) is 23.3 Å². The Morgan fingerprint density at radius 3 is 2.57 bits per heavy atom. The molecule has 0 bridgehead atoms. The molecular weight excluding hydrogens is 290 g/mol. The number of anilines is 1. The molecule has 23 heavy (non-hydrogen) atoms. The maximum Gasteiger partial charge on any atom is 0.214 e. The first kappa shape index (κ1) is 19.1. The Kier molecular flexibility index (Phi) is 8.30. The summed E-state index contributed by atoms with van der Waals surface area (Å²) in [6.07, 6.45) is 5.35. The van der Waals surface area contributed by atoms with Gasteiger partial charge in [0.05, 0.1) is 6.61 Å². The molecule has 0 saturated carbocycles. The molecule has 0 spiro atoms. The van der Waals surface area contributed by atoms with Crippen molar-refractivity contribution in [2.24, 2.45) is 11.0 Å². The van der Waals surface area contributed by atoms with Crippen LogP contribution >= 0.6 is 0 Å². The van der Waals surface area contributed by atoms with E-state index in [-0.39, 0.29) is 6.04 Å². The number of nitrogens with one attached hydrogen (secondary N) is 1. The predicted octanol–water partition coefficient (Wildman–Crippen LogP) is 5.32. The second-order valence-electron chi connectivity index (χ2n) is 6.17. The highest BCUT2D eigenvalue weighted by molar-refractivity contribution is 5.78. The van der Waals surface area contributed by atoms with Gasteiger partial charge >= 0.3 is 0 Å². The van der Waals surface area contributed by atoms with Gasteiger partial charge in [0.25, 0.3) is 0 Å². The quantitative estimate of drug-likeness (QED) is 0.341. The Morgan fingerprint density at radius 2 is 2.00 bits per heavy atom. The third-order valence-corrected chi connectivity index (χ3v) is 4.13. The van der Waals surface area contributed by atoms with Crippen LogP contribution in [0.25, 0.3) is 0 Å². The van der Waals surface area contributed by atoms with Crippen LogP contribution in [0.1, 0.15) is 53.4 Å². The summed E-state index contributed by atoms with van der Waals surface area (Å²) in [7, 11) is 0. The van der Waals surface area contributed by atoms with Crippen molar-refractivity contribution in [1.29, 1.82) is 5.53 Å². The molecule has 1 atom stereocenters. The molecule has 0 saturated heterocycles. The van der Waals surface area contributed by atoms with Crippen LogP contribution in [0.4, 0.5) is 11.4 Å². The lowest BCUT2D eigenvalue weighted by atomic mass is 10.0. The number of hydrogen-bond donors (Lipinski definition) is 1. The Bertz CT molecular complexity index is 503. The maximum atomic E-state index is 11.5. The van der Waals surface area contributed by atoms with Crippen molar-refractivity contribution in [2.75, 3.05) is 11.5 Å². The van der Waals surface area contributed by atoms with E-state index in [1.807, 2.05) is 13.0 Å². The molecule has 1 unspecified atom stereocenters. The smallest absolute Gasteiger partial charge is 0.214 e. The fourth-order valence-corrected chi connectivity index (χ4v) is 2.30. The van der Waals surface area contributed by atoms with Crippen molar-refractivity contribution >= 4 is 17.8 Å². The number of carbonyl (C=O) groups excluding carboxylic acids is 1. The first-order valence-corrected chi connectivity index (χ1v) is 8.43. The van der Waals surface area contributed by atoms with Gasteiger partial charge in [0.2, 0.25) is 6.41 Å². The summed E-state index contributed by atoms with van der Waals surface area (Å²) in [6.45, 7) is 8.96. The van der Waals surface area contributed by atoms with Crippen molar-refractivity contribution in [3.63, 3.8) is 0 Å². The van der Waals surface area contributed by atoms with Gasteiger partial charge in [-0.2, -0.15) is 5.11 Å². The van der Waals surface area contributed by atoms with E-state index in [2.05, 4.69) is 25.9 Å². The molecule has 1 aromatic carbocycles. The Morgan fingerprint density at radius 1 is 1.26 bits per heavy atom. The lowest BCUT2D eigenvalue weighted by Crippen LogP contribution is -2.35. The predicted molar refractivity (Wildman–Crippen MR) is 93.7 cm³/mol. The number of ether oxygens (including phenoxy) is 1. The molecule has 5 heteroatoms. The zero-order valence-corrected chi connectivity index (χ0v) is 14.7. The zero-order valence-electron chi connectivity index (χ0n) is 14.7. The average molecular weight is 319 g/mol. The largest absolute Gasteiger partial charge is 0.491 e. The van der Waals surface area contributed by atoms with Crippen molar-refractivity contribution < 1.29 is 9.53 Å². The second kappa shape index (κ2) is 9.98. The molecule has 1 rings (SSSR count). The van der Waals surface area contributed by atoms with Crippen LogP contribution in [-0.2, 0) is 4.79 Å². The topological polar surface area (TPSA) is 65.8 Å². The van der Waals surface area contributed by atoms with Crippen molar-refractivity contribution in [3.05, 3.63) is 18.2 Å². The molecular formula is C18H29N3O2. The summed E-state index contributed by atoms with van der Waals surface area (Å²) in [4.78, 5) is 13.2. The van der Waals surface area contributed by atoms with Crippen LogP contribution in [-0.4, -0.2) is 19.1 Å². The zero-order chi connectivity index (χ0) is 17.2. The molecule has 0 aliphatic heterocycles. The van der Waals surface area contributed by atoms with Gasteiger partial charge in [-0.05, 0) is 31.4 Å². The first-order valence-electron chi connectivity index (χ1n) is 8.43. The molecule has 0 aliphatic rings. The minimum absolute atomic E-state index is 0.0868. The van der Waals surface area contributed by atoms with E-state index in [1.54, 1.807) is 17.0 Å². The van der Waals surface area contributed by atoms with E-state index in [9.17, 15) is 4.79 Å². The minimum Gasteiger partial charge on any atom is -0.491 e. The summed E-state index contributed by atoms with van der Waals surface area (Å²) in [6, 6.07) is 5.43. The van der Waals surface area contributed by atoms with E-state index in [0.29, 0.717) is 24.0 Å². The number of amides is 1. The Labute approximate surface area is 139 Å². The standard InChI is InChI=1S/C18H29N3O2/c1-5-6-7-8-11-23-18-12-16(9-10-17(18)20-19)21(13-22)15(4)14(2)3/h9-10,12-15,19H,5-8,11H2,1-4H3. The molecule has 5 nitrogen and oxygen atoms in total. The molecule has 0 heterocycles. The van der Waals surface area contributed by atoms with E-state index < -0.39 is 0 Å². The highest BCUT2D eigenvalue weighted by atomic mass is 16.5. The number of unbranched alkanes of at least 4 members (excludes halogenated alkanes) is 3. The van der Waals surface area contributed by atoms with Crippen molar-refractivity contribution in [3.8, 4) is 5.75 Å². The van der Waals surface area contributed by atoms with Gasteiger partial charge in [0.15, 0.2) is 0 Å². The lowest BCUT2D eigenvalue weighted by molar-refractivity contribution is -0.108. The highest BCUT2D eigenvalue weighted by Crippen LogP contribution is 2.33. The fourth-order valence-electron chi connectivity index (χ4n) is 2.30. The molecule has 0 fully saturated rings. The Balaban J connectivity index is 2.88. The highest BCUT2D eigenvalue weighted by Gasteiger charge is 2.18. The van der Waals surface area contributed by atoms with E-state index >= 15 is 0 Å². The number of rotatable bonds is 11. The third-order valence-electron chi connectivity index (χ3n) is 4.13. The molecule has 1 aromatic rings. The monoisotopic (exact) mass is 319 g/mol. The fraction of sp³-hybridized carbons (Fsp3) is 0.611. The minimum atomic E-state index is 0.0868. The average Bonchev–Trinajstić information content (AvgIpc) is 2.55. The van der Waals surface area contributed by atoms with Gasteiger partial charge in [-0.25, -0.2) is 5.53 Å². The van der Waals surface area contributed by atoms with Gasteiger partial charge < -0.3 is 9.64 Å². The number of hydrogen-bond acceptors (Lipinski definition) is 4. The van der Waals surface area contributed by atoms with E-state index in [1.165, 1.54) is 12.8 Å². The molecule has 0 radical (unpaired) electrons. The summed E-state index contributed by atoms with van der Waals surface area (Å²) in [5.74, 6) is 0.913. The van der Waals surface area contributed by atoms with Gasteiger partial charge in [0.1, 0.15) is 11.4 Å². The second-order valence-corrected chi connectivity index (χ2v) is 6.17. The molecule has 0 aliphatic carbocycles. The van der Waals surface area contributed by atoms with Crippen LogP contribution in [0.2, 0.25) is 0 Å². The number of carbonyl (C=O) groups is 1. The van der Waals surface area contributed by atoms with Crippen LogP contribution in [0, 0.1) is 11.4 Å². The molecule has 1 amide bonds. The normalized spacial score (nSPS) is 12.0. The maximum absolute atomic E-state index is 11.5. The summed E-state index contributed by atoms with van der Waals surface area (Å²) >= 11 is 0. The van der Waals surface area contributed by atoms with Gasteiger partial charge in [-0.3, -0.25) is 4.79 Å². The van der Waals surface area contributed by atoms with Gasteiger partial charge in [-0.15, -0.1) is 0 Å². The van der Waals surface area contributed by atoms with E-state index in [4.69, 9.17) is 10.3 Å². The van der Waals surface area contributed by atoms with Crippen molar-refractivity contribution in [2.45, 2.75) is 59.4 Å². The summed E-state index contributed by atoms with van der Waals surface area (Å²) in [5.41, 5.74) is 8.54. The number of nitrogens with zero attached hydrogens (tertiary/aromatic N) is 2. The third kappa shape index (κ3) is 5.66. The summed E-state index contributed by atoms with van der Waals surface area (Å²) in [5, 5.41) is 3.51. The van der Waals surface area contributed by atoms with Crippen LogP contribution in [0.5, 0.6) is 5.75 Å². The van der Waals surface area contributed by atoms with Crippen LogP contribution < -0.4 is 9.64 Å². The molecule has 1 N–H and O–H groups in total. The molecule has 128 valence electrons.